The first-order valence-electron chi connectivity index (χ1n) is 6.03. The predicted molar refractivity (Wildman–Crippen MR) is 87.5 cm³/mol. The average Bonchev–Trinajstić information content (AvgIpc) is 2.43. The molecule has 110 valence electrons. The molecule has 3 nitrogen and oxygen atoms in total. The molecule has 2 rings (SSSR count). The molecular formula is C15H12Br2FNO2. The zero-order valence-corrected chi connectivity index (χ0v) is 14.5. The van der Waals surface area contributed by atoms with Gasteiger partial charge < -0.3 is 10.1 Å². The smallest absolute Gasteiger partial charge is 0.258 e. The van der Waals surface area contributed by atoms with E-state index >= 15 is 0 Å². The highest BCUT2D eigenvalue weighted by Crippen LogP contribution is 2.32. The van der Waals surface area contributed by atoms with E-state index in [2.05, 4.69) is 37.2 Å². The molecule has 0 spiro atoms. The maximum atomic E-state index is 13.7. The third-order valence-electron chi connectivity index (χ3n) is 2.90. The standard InChI is InChI=1S/C15H12Br2FNO2/c1-8-5-10(17)7-13(21-2)14(8)19-15(20)11-6-9(16)3-4-12(11)18/h3-7H,1-2H3,(H,19,20). The number of amides is 1. The summed E-state index contributed by atoms with van der Waals surface area (Å²) < 4.78 is 20.5. The lowest BCUT2D eigenvalue weighted by molar-refractivity contribution is 0.102. The molecule has 0 aliphatic carbocycles. The van der Waals surface area contributed by atoms with Crippen LogP contribution in [-0.2, 0) is 0 Å². The molecule has 1 amide bonds. The molecule has 0 heterocycles. The Labute approximate surface area is 138 Å². The van der Waals surface area contributed by atoms with E-state index in [1.807, 2.05) is 13.0 Å². The zero-order chi connectivity index (χ0) is 15.6. The minimum Gasteiger partial charge on any atom is -0.495 e. The summed E-state index contributed by atoms with van der Waals surface area (Å²) in [6.45, 7) is 1.83. The van der Waals surface area contributed by atoms with Gasteiger partial charge in [-0.1, -0.05) is 31.9 Å². The second-order valence-electron chi connectivity index (χ2n) is 4.38. The molecule has 0 bridgehead atoms. The first kappa shape index (κ1) is 16.0. The van der Waals surface area contributed by atoms with Crippen LogP contribution in [0.3, 0.4) is 0 Å². The number of carbonyl (C=O) groups is 1. The maximum absolute atomic E-state index is 13.7. The number of benzene rings is 2. The van der Waals surface area contributed by atoms with Crippen LogP contribution in [0.1, 0.15) is 15.9 Å². The lowest BCUT2D eigenvalue weighted by Gasteiger charge is -2.14. The molecule has 0 aliphatic heterocycles. The van der Waals surface area contributed by atoms with Crippen LogP contribution < -0.4 is 10.1 Å². The average molecular weight is 417 g/mol. The number of rotatable bonds is 3. The summed E-state index contributed by atoms with van der Waals surface area (Å²) in [6, 6.07) is 7.79. The summed E-state index contributed by atoms with van der Waals surface area (Å²) in [4.78, 5) is 12.3. The van der Waals surface area contributed by atoms with Gasteiger partial charge in [0, 0.05) is 8.95 Å². The molecule has 1 N–H and O–H groups in total. The van der Waals surface area contributed by atoms with Crippen LogP contribution in [0.5, 0.6) is 5.75 Å². The van der Waals surface area contributed by atoms with Gasteiger partial charge in [0.25, 0.3) is 5.91 Å². The molecule has 0 aliphatic rings. The lowest BCUT2D eigenvalue weighted by atomic mass is 10.1. The molecule has 0 aromatic heterocycles. The van der Waals surface area contributed by atoms with Gasteiger partial charge in [-0.05, 0) is 42.8 Å². The summed E-state index contributed by atoms with van der Waals surface area (Å²) in [6.07, 6.45) is 0. The first-order chi connectivity index (χ1) is 9.92. The number of aryl methyl sites for hydroxylation is 1. The van der Waals surface area contributed by atoms with Gasteiger partial charge in [-0.3, -0.25) is 4.79 Å². The molecule has 2 aromatic carbocycles. The minimum atomic E-state index is -0.579. The van der Waals surface area contributed by atoms with E-state index in [0.717, 1.165) is 10.0 Å². The van der Waals surface area contributed by atoms with E-state index in [4.69, 9.17) is 4.74 Å². The first-order valence-corrected chi connectivity index (χ1v) is 7.61. The van der Waals surface area contributed by atoms with E-state index in [9.17, 15) is 9.18 Å². The molecular weight excluding hydrogens is 405 g/mol. The molecule has 6 heteroatoms. The van der Waals surface area contributed by atoms with Crippen LogP contribution in [0.4, 0.5) is 10.1 Å². The summed E-state index contributed by atoms with van der Waals surface area (Å²) in [5, 5.41) is 2.70. The fourth-order valence-corrected chi connectivity index (χ4v) is 2.80. The lowest BCUT2D eigenvalue weighted by Crippen LogP contribution is -2.15. The Bertz CT molecular complexity index is 704. The number of anilines is 1. The summed E-state index contributed by atoms with van der Waals surface area (Å²) in [5.74, 6) is -0.604. The van der Waals surface area contributed by atoms with E-state index in [-0.39, 0.29) is 5.56 Å². The van der Waals surface area contributed by atoms with Crippen molar-refractivity contribution in [1.29, 1.82) is 0 Å². The number of halogens is 3. The van der Waals surface area contributed by atoms with Gasteiger partial charge in [0.15, 0.2) is 0 Å². The highest BCUT2D eigenvalue weighted by Gasteiger charge is 2.16. The Morgan fingerprint density at radius 2 is 1.90 bits per heavy atom. The maximum Gasteiger partial charge on any atom is 0.258 e. The van der Waals surface area contributed by atoms with Crippen molar-refractivity contribution in [3.8, 4) is 5.75 Å². The molecule has 2 aromatic rings. The normalized spacial score (nSPS) is 10.3. The van der Waals surface area contributed by atoms with Crippen LogP contribution in [0.25, 0.3) is 0 Å². The Hall–Kier alpha value is -1.40. The fraction of sp³-hybridized carbons (Fsp3) is 0.133. The van der Waals surface area contributed by atoms with Crippen molar-refractivity contribution in [2.24, 2.45) is 0 Å². The predicted octanol–water partition coefficient (Wildman–Crippen LogP) is 4.92. The van der Waals surface area contributed by atoms with Crippen molar-refractivity contribution < 1.29 is 13.9 Å². The largest absolute Gasteiger partial charge is 0.495 e. The number of nitrogens with one attached hydrogen (secondary N) is 1. The van der Waals surface area contributed by atoms with Gasteiger partial charge in [-0.15, -0.1) is 0 Å². The number of hydrogen-bond acceptors (Lipinski definition) is 2. The van der Waals surface area contributed by atoms with Gasteiger partial charge in [0.1, 0.15) is 11.6 Å². The Morgan fingerprint density at radius 3 is 2.57 bits per heavy atom. The van der Waals surface area contributed by atoms with Crippen LogP contribution >= 0.6 is 31.9 Å². The number of ether oxygens (including phenoxy) is 1. The highest BCUT2D eigenvalue weighted by molar-refractivity contribution is 9.10. The number of methoxy groups -OCH3 is 1. The second kappa shape index (κ2) is 6.58. The molecule has 0 radical (unpaired) electrons. The van der Waals surface area contributed by atoms with Gasteiger partial charge in [-0.25, -0.2) is 4.39 Å². The topological polar surface area (TPSA) is 38.3 Å². The SMILES string of the molecule is COc1cc(Br)cc(C)c1NC(=O)c1cc(Br)ccc1F. The van der Waals surface area contributed by atoms with Crippen molar-refractivity contribution in [3.63, 3.8) is 0 Å². The summed E-state index contributed by atoms with van der Waals surface area (Å²) >= 11 is 6.59. The monoisotopic (exact) mass is 415 g/mol. The van der Waals surface area contributed by atoms with Crippen LogP contribution in [0, 0.1) is 12.7 Å². The van der Waals surface area contributed by atoms with Crippen LogP contribution in [-0.4, -0.2) is 13.0 Å². The molecule has 0 fully saturated rings. The number of carbonyl (C=O) groups excluding carboxylic acids is 1. The molecule has 21 heavy (non-hydrogen) atoms. The molecule has 0 saturated heterocycles. The van der Waals surface area contributed by atoms with Crippen molar-refractivity contribution in [3.05, 3.63) is 56.2 Å². The Balaban J connectivity index is 2.38. The van der Waals surface area contributed by atoms with E-state index in [0.29, 0.717) is 15.9 Å². The Morgan fingerprint density at radius 1 is 1.19 bits per heavy atom. The number of hydrogen-bond donors (Lipinski definition) is 1. The van der Waals surface area contributed by atoms with E-state index in [1.54, 1.807) is 6.07 Å². The minimum absolute atomic E-state index is 0.0336. The summed E-state index contributed by atoms with van der Waals surface area (Å²) in [7, 11) is 1.51. The van der Waals surface area contributed by atoms with Gasteiger partial charge >= 0.3 is 0 Å². The molecule has 0 unspecified atom stereocenters. The summed E-state index contributed by atoms with van der Waals surface area (Å²) in [5.41, 5.74) is 1.30. The van der Waals surface area contributed by atoms with Gasteiger partial charge in [-0.2, -0.15) is 0 Å². The fourth-order valence-electron chi connectivity index (χ4n) is 1.89. The van der Waals surface area contributed by atoms with E-state index in [1.165, 1.54) is 25.3 Å². The van der Waals surface area contributed by atoms with Crippen LogP contribution in [0.2, 0.25) is 0 Å². The molecule has 0 saturated carbocycles. The van der Waals surface area contributed by atoms with Crippen molar-refractivity contribution in [2.75, 3.05) is 12.4 Å². The quantitative estimate of drug-likeness (QED) is 0.771. The highest BCUT2D eigenvalue weighted by atomic mass is 79.9. The van der Waals surface area contributed by atoms with E-state index < -0.39 is 11.7 Å². The van der Waals surface area contributed by atoms with Gasteiger partial charge in [0.2, 0.25) is 0 Å². The third kappa shape index (κ3) is 3.63. The molecule has 0 atom stereocenters. The second-order valence-corrected chi connectivity index (χ2v) is 6.21. The van der Waals surface area contributed by atoms with Gasteiger partial charge in [0.05, 0.1) is 18.4 Å². The Kier molecular flexibility index (Phi) is 5.00. The third-order valence-corrected chi connectivity index (χ3v) is 3.85. The van der Waals surface area contributed by atoms with Crippen molar-refractivity contribution in [1.82, 2.24) is 0 Å². The van der Waals surface area contributed by atoms with Crippen molar-refractivity contribution >= 4 is 43.5 Å². The zero-order valence-electron chi connectivity index (χ0n) is 11.3. The van der Waals surface area contributed by atoms with Crippen LogP contribution in [0.15, 0.2) is 39.3 Å². The van der Waals surface area contributed by atoms with Crippen molar-refractivity contribution in [2.45, 2.75) is 6.92 Å².